The van der Waals surface area contributed by atoms with Crippen LogP contribution in [0.5, 0.6) is 5.75 Å². The fraction of sp³-hybridized carbons (Fsp3) is 0.348. The zero-order valence-corrected chi connectivity index (χ0v) is 18.1. The maximum Gasteiger partial charge on any atom is 0.257 e. The van der Waals surface area contributed by atoms with E-state index >= 15 is 0 Å². The number of anilines is 1. The van der Waals surface area contributed by atoms with E-state index < -0.39 is 0 Å². The number of nitrogens with zero attached hydrogens (tertiary/aromatic N) is 3. The first-order valence-electron chi connectivity index (χ1n) is 10.2. The van der Waals surface area contributed by atoms with Gasteiger partial charge in [-0.25, -0.2) is 0 Å². The number of hydrogen-bond acceptors (Lipinski definition) is 6. The Morgan fingerprint density at radius 1 is 1.17 bits per heavy atom. The van der Waals surface area contributed by atoms with Crippen LogP contribution in [-0.4, -0.2) is 41.2 Å². The number of methoxy groups -OCH3 is 1. The van der Waals surface area contributed by atoms with E-state index in [1.807, 2.05) is 48.5 Å². The molecular weight excluding hydrogens is 396 g/mol. The summed E-state index contributed by atoms with van der Waals surface area (Å²) in [7, 11) is 1.63. The number of nitrogens with one attached hydrogen (secondary N) is 1. The molecule has 7 heteroatoms. The zero-order valence-electron chi connectivity index (χ0n) is 17.3. The number of piperidine rings is 1. The van der Waals surface area contributed by atoms with E-state index in [2.05, 4.69) is 27.3 Å². The quantitative estimate of drug-likeness (QED) is 0.624. The molecule has 1 aliphatic rings. The van der Waals surface area contributed by atoms with Crippen molar-refractivity contribution in [2.45, 2.75) is 26.3 Å². The maximum atomic E-state index is 12.6. The summed E-state index contributed by atoms with van der Waals surface area (Å²) in [4.78, 5) is 15.1. The molecule has 0 saturated carbocycles. The Labute approximate surface area is 180 Å². The lowest BCUT2D eigenvalue weighted by atomic mass is 9.99. The summed E-state index contributed by atoms with van der Waals surface area (Å²) >= 11 is 1.35. The van der Waals surface area contributed by atoms with Crippen molar-refractivity contribution in [3.63, 3.8) is 0 Å². The highest BCUT2D eigenvalue weighted by molar-refractivity contribution is 7.18. The first kappa shape index (κ1) is 20.5. The predicted octanol–water partition coefficient (Wildman–Crippen LogP) is 4.70. The molecule has 1 amide bonds. The van der Waals surface area contributed by atoms with Crippen LogP contribution in [0.3, 0.4) is 0 Å². The third-order valence-electron chi connectivity index (χ3n) is 5.35. The number of hydrogen-bond donors (Lipinski definition) is 1. The van der Waals surface area contributed by atoms with Crippen LogP contribution in [0.25, 0.3) is 10.6 Å². The molecule has 2 aromatic carbocycles. The Bertz CT molecular complexity index is 985. The molecule has 1 fully saturated rings. The molecule has 0 aliphatic carbocycles. The Morgan fingerprint density at radius 3 is 2.63 bits per heavy atom. The van der Waals surface area contributed by atoms with E-state index in [1.165, 1.54) is 29.7 Å². The SMILES string of the molecule is COc1ccc(-c2nnc(NC(=O)c3ccc(CN4CCC[C@@H](C)C4)cc3)s2)cc1. The highest BCUT2D eigenvalue weighted by Gasteiger charge is 2.17. The summed E-state index contributed by atoms with van der Waals surface area (Å²) in [5, 5.41) is 12.4. The van der Waals surface area contributed by atoms with Crippen LogP contribution in [0, 0.1) is 5.92 Å². The third kappa shape index (κ3) is 5.04. The fourth-order valence-corrected chi connectivity index (χ4v) is 4.49. The average Bonchev–Trinajstić information content (AvgIpc) is 3.23. The van der Waals surface area contributed by atoms with Crippen LogP contribution >= 0.6 is 11.3 Å². The summed E-state index contributed by atoms with van der Waals surface area (Å²) < 4.78 is 5.18. The number of benzene rings is 2. The smallest absolute Gasteiger partial charge is 0.257 e. The molecule has 1 N–H and O–H groups in total. The number of amides is 1. The minimum atomic E-state index is -0.175. The van der Waals surface area contributed by atoms with Gasteiger partial charge in [0.1, 0.15) is 10.8 Å². The molecule has 1 atom stereocenters. The van der Waals surface area contributed by atoms with E-state index in [9.17, 15) is 4.79 Å². The molecule has 0 spiro atoms. The van der Waals surface area contributed by atoms with Crippen LogP contribution in [0.15, 0.2) is 48.5 Å². The molecule has 4 rings (SSSR count). The second kappa shape index (κ2) is 9.36. The van der Waals surface area contributed by atoms with Crippen molar-refractivity contribution in [1.82, 2.24) is 15.1 Å². The van der Waals surface area contributed by atoms with Crippen molar-refractivity contribution in [2.24, 2.45) is 5.92 Å². The van der Waals surface area contributed by atoms with Crippen LogP contribution in [0.2, 0.25) is 0 Å². The third-order valence-corrected chi connectivity index (χ3v) is 6.23. The van der Waals surface area contributed by atoms with E-state index in [4.69, 9.17) is 4.74 Å². The van der Waals surface area contributed by atoms with Crippen molar-refractivity contribution in [1.29, 1.82) is 0 Å². The van der Waals surface area contributed by atoms with Crippen molar-refractivity contribution >= 4 is 22.4 Å². The van der Waals surface area contributed by atoms with Crippen molar-refractivity contribution in [2.75, 3.05) is 25.5 Å². The first-order valence-corrected chi connectivity index (χ1v) is 11.0. The van der Waals surface area contributed by atoms with E-state index in [0.717, 1.165) is 41.9 Å². The lowest BCUT2D eigenvalue weighted by Gasteiger charge is -2.30. The number of likely N-dealkylation sites (tertiary alicyclic amines) is 1. The lowest BCUT2D eigenvalue weighted by Crippen LogP contribution is -2.33. The van der Waals surface area contributed by atoms with Crippen LogP contribution in [-0.2, 0) is 6.54 Å². The molecule has 30 heavy (non-hydrogen) atoms. The van der Waals surface area contributed by atoms with Gasteiger partial charge in [-0.15, -0.1) is 10.2 Å². The molecular formula is C23H26N4O2S. The van der Waals surface area contributed by atoms with Crippen LogP contribution in [0.1, 0.15) is 35.7 Å². The standard InChI is InChI=1S/C23H26N4O2S/c1-16-4-3-13-27(14-16)15-17-5-7-18(8-6-17)21(28)24-23-26-25-22(30-23)19-9-11-20(29-2)12-10-19/h5-12,16H,3-4,13-15H2,1-2H3,(H,24,26,28)/t16-/m1/s1. The van der Waals surface area contributed by atoms with Crippen molar-refractivity contribution in [3.05, 3.63) is 59.7 Å². The molecule has 0 radical (unpaired) electrons. The normalized spacial score (nSPS) is 16.9. The van der Waals surface area contributed by atoms with Gasteiger partial charge in [0.15, 0.2) is 0 Å². The average molecular weight is 423 g/mol. The van der Waals surface area contributed by atoms with Gasteiger partial charge in [0, 0.05) is 24.2 Å². The highest BCUT2D eigenvalue weighted by atomic mass is 32.1. The Balaban J connectivity index is 1.36. The largest absolute Gasteiger partial charge is 0.497 e. The summed E-state index contributed by atoms with van der Waals surface area (Å²) in [6.45, 7) is 5.55. The van der Waals surface area contributed by atoms with Gasteiger partial charge in [-0.2, -0.15) is 0 Å². The second-order valence-corrected chi connectivity index (χ2v) is 8.75. The predicted molar refractivity (Wildman–Crippen MR) is 120 cm³/mol. The van der Waals surface area contributed by atoms with Crippen molar-refractivity contribution in [3.8, 4) is 16.3 Å². The van der Waals surface area contributed by atoms with E-state index in [0.29, 0.717) is 10.7 Å². The van der Waals surface area contributed by atoms with E-state index in [-0.39, 0.29) is 5.91 Å². The van der Waals surface area contributed by atoms with Gasteiger partial charge in [-0.3, -0.25) is 15.0 Å². The van der Waals surface area contributed by atoms with Gasteiger partial charge in [0.25, 0.3) is 5.91 Å². The summed E-state index contributed by atoms with van der Waals surface area (Å²) in [5.41, 5.74) is 2.79. The van der Waals surface area contributed by atoms with Crippen molar-refractivity contribution < 1.29 is 9.53 Å². The summed E-state index contributed by atoms with van der Waals surface area (Å²) in [6, 6.07) is 15.4. The molecule has 6 nitrogen and oxygen atoms in total. The lowest BCUT2D eigenvalue weighted by molar-refractivity contribution is 0.102. The van der Waals surface area contributed by atoms with E-state index in [1.54, 1.807) is 7.11 Å². The molecule has 156 valence electrons. The number of carbonyl (C=O) groups is 1. The molecule has 3 aromatic rings. The minimum Gasteiger partial charge on any atom is -0.497 e. The number of ether oxygens (including phenoxy) is 1. The van der Waals surface area contributed by atoms with Gasteiger partial charge in [0.2, 0.25) is 5.13 Å². The first-order chi connectivity index (χ1) is 14.6. The molecule has 2 heterocycles. The van der Waals surface area contributed by atoms with Gasteiger partial charge < -0.3 is 4.74 Å². The molecule has 1 saturated heterocycles. The Hall–Kier alpha value is -2.77. The van der Waals surface area contributed by atoms with Gasteiger partial charge in [0.05, 0.1) is 7.11 Å². The fourth-order valence-electron chi connectivity index (χ4n) is 3.74. The Morgan fingerprint density at radius 2 is 1.93 bits per heavy atom. The van der Waals surface area contributed by atoms with Gasteiger partial charge in [-0.1, -0.05) is 30.4 Å². The molecule has 0 unspecified atom stereocenters. The number of carbonyl (C=O) groups excluding carboxylic acids is 1. The maximum absolute atomic E-state index is 12.6. The van der Waals surface area contributed by atoms with Crippen LogP contribution in [0.4, 0.5) is 5.13 Å². The second-order valence-electron chi connectivity index (χ2n) is 7.77. The number of aromatic nitrogens is 2. The van der Waals surface area contributed by atoms with Gasteiger partial charge in [-0.05, 0) is 67.3 Å². The van der Waals surface area contributed by atoms with Crippen LogP contribution < -0.4 is 10.1 Å². The van der Waals surface area contributed by atoms with Gasteiger partial charge >= 0.3 is 0 Å². The molecule has 1 aliphatic heterocycles. The molecule has 1 aromatic heterocycles. The summed E-state index contributed by atoms with van der Waals surface area (Å²) in [6.07, 6.45) is 2.59. The summed E-state index contributed by atoms with van der Waals surface area (Å²) in [5.74, 6) is 1.37. The highest BCUT2D eigenvalue weighted by Crippen LogP contribution is 2.28. The topological polar surface area (TPSA) is 67.4 Å². The number of rotatable bonds is 6. The monoisotopic (exact) mass is 422 g/mol. The molecule has 0 bridgehead atoms. The zero-order chi connectivity index (χ0) is 20.9. The Kier molecular flexibility index (Phi) is 6.40. The minimum absolute atomic E-state index is 0.175.